The van der Waals surface area contributed by atoms with Crippen molar-refractivity contribution in [1.29, 1.82) is 0 Å². The minimum Gasteiger partial charge on any atom is -0.492 e. The fraction of sp³-hybridized carbons (Fsp3) is 0.222. The summed E-state index contributed by atoms with van der Waals surface area (Å²) >= 11 is 1.73. The first-order valence-corrected chi connectivity index (χ1v) is 11.1. The van der Waals surface area contributed by atoms with Gasteiger partial charge >= 0.3 is 5.97 Å². The molecule has 31 heavy (non-hydrogen) atoms. The molecule has 0 bridgehead atoms. The summed E-state index contributed by atoms with van der Waals surface area (Å²) in [6.07, 6.45) is 1.52. The molecule has 0 fully saturated rings. The lowest BCUT2D eigenvalue weighted by molar-refractivity contribution is 0.0697. The molecule has 0 radical (unpaired) electrons. The fourth-order valence-corrected chi connectivity index (χ4v) is 4.51. The van der Waals surface area contributed by atoms with Crippen LogP contribution in [0.1, 0.15) is 47.3 Å². The van der Waals surface area contributed by atoms with Crippen molar-refractivity contribution in [3.05, 3.63) is 89.0 Å². The molecule has 4 rings (SSSR count). The molecule has 1 aliphatic heterocycles. The van der Waals surface area contributed by atoms with Crippen LogP contribution in [0.5, 0.6) is 5.75 Å². The number of carbonyl (C=O) groups is 1. The van der Waals surface area contributed by atoms with Gasteiger partial charge in [0.1, 0.15) is 5.75 Å². The van der Waals surface area contributed by atoms with E-state index in [1.165, 1.54) is 10.5 Å². The number of benzene rings is 3. The van der Waals surface area contributed by atoms with Gasteiger partial charge in [-0.05, 0) is 53.8 Å². The normalized spacial score (nSPS) is 14.0. The Morgan fingerprint density at radius 2 is 1.81 bits per heavy atom. The van der Waals surface area contributed by atoms with E-state index >= 15 is 0 Å². The van der Waals surface area contributed by atoms with Crippen LogP contribution in [0.25, 0.3) is 0 Å². The van der Waals surface area contributed by atoms with Gasteiger partial charge in [0.25, 0.3) is 0 Å². The Labute approximate surface area is 187 Å². The third kappa shape index (κ3) is 4.95. The minimum atomic E-state index is -0.920. The zero-order valence-electron chi connectivity index (χ0n) is 17.6. The van der Waals surface area contributed by atoms with Crippen LogP contribution < -0.4 is 4.74 Å². The highest BCUT2D eigenvalue weighted by Gasteiger charge is 2.30. The second kappa shape index (κ2) is 8.91. The Balaban J connectivity index is 1.65. The largest absolute Gasteiger partial charge is 0.492 e. The monoisotopic (exact) mass is 428 g/mol. The highest BCUT2D eigenvalue weighted by molar-refractivity contribution is 7.99. The predicted molar refractivity (Wildman–Crippen MR) is 124 cm³/mol. The average Bonchev–Trinajstić information content (AvgIpc) is 2.75. The molecule has 156 valence electrons. The van der Waals surface area contributed by atoms with Crippen molar-refractivity contribution in [2.45, 2.75) is 41.9 Å². The molecular weight excluding hydrogens is 404 g/mol. The zero-order chi connectivity index (χ0) is 21.8. The summed E-state index contributed by atoms with van der Waals surface area (Å²) in [4.78, 5) is 13.4. The van der Waals surface area contributed by atoms with E-state index in [0.29, 0.717) is 13.0 Å². The summed E-state index contributed by atoms with van der Waals surface area (Å²) in [6.45, 7) is 5.20. The van der Waals surface area contributed by atoms with Crippen molar-refractivity contribution in [2.75, 3.05) is 6.61 Å². The molecule has 0 spiro atoms. The van der Waals surface area contributed by atoms with Gasteiger partial charge in [-0.2, -0.15) is 0 Å². The summed E-state index contributed by atoms with van der Waals surface area (Å²) in [5, 5.41) is 9.04. The lowest BCUT2D eigenvalue weighted by atomic mass is 9.79. The number of aromatic carboxylic acids is 1. The lowest BCUT2D eigenvalue weighted by Gasteiger charge is -2.33. The molecule has 0 atom stereocenters. The predicted octanol–water partition coefficient (Wildman–Crippen LogP) is 6.19. The van der Waals surface area contributed by atoms with E-state index < -0.39 is 5.97 Å². The van der Waals surface area contributed by atoms with Gasteiger partial charge in [-0.15, -0.1) is 0 Å². The Hall–Kier alpha value is -3.16. The number of carboxylic acid groups (broad SMARTS) is 1. The molecule has 3 aromatic carbocycles. The smallest absolute Gasteiger partial charge is 0.335 e. The van der Waals surface area contributed by atoms with Crippen molar-refractivity contribution in [3.63, 3.8) is 0 Å². The fourth-order valence-electron chi connectivity index (χ4n) is 3.59. The molecule has 3 aromatic rings. The molecular formula is C27H24O3S. The van der Waals surface area contributed by atoms with Gasteiger partial charge in [0, 0.05) is 21.8 Å². The van der Waals surface area contributed by atoms with Crippen molar-refractivity contribution in [3.8, 4) is 17.6 Å². The molecule has 1 N–H and O–H groups in total. The van der Waals surface area contributed by atoms with Gasteiger partial charge in [0.05, 0.1) is 17.7 Å². The van der Waals surface area contributed by atoms with Gasteiger partial charge in [0.15, 0.2) is 0 Å². The van der Waals surface area contributed by atoms with Crippen molar-refractivity contribution < 1.29 is 14.6 Å². The van der Waals surface area contributed by atoms with Crippen LogP contribution in [0.15, 0.2) is 76.5 Å². The van der Waals surface area contributed by atoms with Crippen molar-refractivity contribution in [1.82, 2.24) is 0 Å². The van der Waals surface area contributed by atoms with E-state index in [1.807, 2.05) is 30.3 Å². The number of hydrogen-bond donors (Lipinski definition) is 1. The first-order valence-electron chi connectivity index (χ1n) is 10.3. The maximum absolute atomic E-state index is 11.0. The van der Waals surface area contributed by atoms with Crippen LogP contribution in [-0.2, 0) is 11.8 Å². The highest BCUT2D eigenvalue weighted by atomic mass is 32.2. The molecule has 1 aliphatic rings. The Kier molecular flexibility index (Phi) is 6.06. The topological polar surface area (TPSA) is 46.5 Å². The third-order valence-corrected chi connectivity index (χ3v) is 6.44. The molecule has 0 saturated carbocycles. The number of rotatable bonds is 4. The molecule has 4 heteroatoms. The summed E-state index contributed by atoms with van der Waals surface area (Å²) in [6, 6.07) is 21.5. The van der Waals surface area contributed by atoms with E-state index in [9.17, 15) is 4.79 Å². The minimum absolute atomic E-state index is 0.0317. The first kappa shape index (κ1) is 21.1. The Bertz CT molecular complexity index is 1150. The quantitative estimate of drug-likeness (QED) is 0.503. The van der Waals surface area contributed by atoms with Gasteiger partial charge in [-0.3, -0.25) is 0 Å². The Morgan fingerprint density at radius 3 is 2.52 bits per heavy atom. The lowest BCUT2D eigenvalue weighted by Crippen LogP contribution is -2.27. The summed E-state index contributed by atoms with van der Waals surface area (Å²) in [5.41, 5.74) is 3.42. The van der Waals surface area contributed by atoms with Crippen molar-refractivity contribution >= 4 is 17.7 Å². The van der Waals surface area contributed by atoms with E-state index in [4.69, 9.17) is 9.84 Å². The number of hydrogen-bond acceptors (Lipinski definition) is 3. The zero-order valence-corrected chi connectivity index (χ0v) is 18.5. The van der Waals surface area contributed by atoms with Crippen LogP contribution in [0.3, 0.4) is 0 Å². The Morgan fingerprint density at radius 1 is 1.06 bits per heavy atom. The van der Waals surface area contributed by atoms with Crippen LogP contribution >= 0.6 is 11.8 Å². The van der Waals surface area contributed by atoms with E-state index in [1.54, 1.807) is 23.9 Å². The summed E-state index contributed by atoms with van der Waals surface area (Å²) in [7, 11) is 0. The summed E-state index contributed by atoms with van der Waals surface area (Å²) < 4.78 is 6.06. The standard InChI is InChI=1S/C27H24O3S/c1-27(2)15-16-30-25-21(8-6-7-19-11-13-20(14-12-19)26(28)29)17-23(18-24(25)27)31-22-9-4-3-5-10-22/h3-5,9-14,17-18H,7,15-16H2,1-2H3,(H,28,29). The van der Waals surface area contributed by atoms with Gasteiger partial charge in [0.2, 0.25) is 0 Å². The van der Waals surface area contributed by atoms with Gasteiger partial charge in [-0.1, -0.05) is 67.8 Å². The van der Waals surface area contributed by atoms with Crippen molar-refractivity contribution in [2.24, 2.45) is 0 Å². The number of carboxylic acids is 1. The molecule has 0 aliphatic carbocycles. The van der Waals surface area contributed by atoms with E-state index in [-0.39, 0.29) is 11.0 Å². The molecule has 3 nitrogen and oxygen atoms in total. The van der Waals surface area contributed by atoms with Gasteiger partial charge in [-0.25, -0.2) is 4.79 Å². The van der Waals surface area contributed by atoms with Crippen LogP contribution in [0.2, 0.25) is 0 Å². The number of ether oxygens (including phenoxy) is 1. The maximum Gasteiger partial charge on any atom is 0.335 e. The van der Waals surface area contributed by atoms with E-state index in [2.05, 4.69) is 50.0 Å². The molecule has 1 heterocycles. The maximum atomic E-state index is 11.0. The van der Waals surface area contributed by atoms with E-state index in [0.717, 1.165) is 28.2 Å². The summed E-state index contributed by atoms with van der Waals surface area (Å²) in [5.74, 6) is 6.54. The highest BCUT2D eigenvalue weighted by Crippen LogP contribution is 2.43. The first-order chi connectivity index (χ1) is 14.9. The molecule has 0 unspecified atom stereocenters. The number of fused-ring (bicyclic) bond motifs is 1. The second-order valence-corrected chi connectivity index (χ2v) is 9.37. The molecule has 0 amide bonds. The van der Waals surface area contributed by atoms with Crippen LogP contribution in [-0.4, -0.2) is 17.7 Å². The molecule has 0 aromatic heterocycles. The van der Waals surface area contributed by atoms with Gasteiger partial charge < -0.3 is 9.84 Å². The van der Waals surface area contributed by atoms with Crippen LogP contribution in [0.4, 0.5) is 0 Å². The molecule has 0 saturated heterocycles. The third-order valence-electron chi connectivity index (χ3n) is 5.46. The SMILES string of the molecule is CC1(C)CCOc2c(C#CCc3ccc(C(=O)O)cc3)cc(Sc3ccccc3)cc21. The second-order valence-electron chi connectivity index (χ2n) is 8.23. The van der Waals surface area contributed by atoms with Crippen LogP contribution in [0, 0.1) is 11.8 Å². The average molecular weight is 429 g/mol.